The van der Waals surface area contributed by atoms with Gasteiger partial charge in [-0.25, -0.2) is 0 Å². The fourth-order valence-corrected chi connectivity index (χ4v) is 4.22. The lowest BCUT2D eigenvalue weighted by molar-refractivity contribution is 1.47. The molecule has 0 aliphatic heterocycles. The Morgan fingerprint density at radius 3 is 1.71 bits per heavy atom. The van der Waals surface area contributed by atoms with Gasteiger partial charge in [0.2, 0.25) is 0 Å². The summed E-state index contributed by atoms with van der Waals surface area (Å²) in [6.45, 7) is 0. The molecule has 0 N–H and O–H groups in total. The number of nitrogens with zero attached hydrogens (tertiary/aromatic N) is 2. The Morgan fingerprint density at radius 2 is 1.10 bits per heavy atom. The van der Waals surface area contributed by atoms with Crippen molar-refractivity contribution in [2.75, 3.05) is 0 Å². The maximum absolute atomic E-state index is 8.99. The Hall–Kier alpha value is -4.18. The van der Waals surface area contributed by atoms with Gasteiger partial charge in [0.05, 0.1) is 0 Å². The molecule has 0 aliphatic rings. The number of hydrogen-bond donors (Lipinski definition) is 0. The summed E-state index contributed by atoms with van der Waals surface area (Å²) in [4.78, 5) is 1.95. The van der Waals surface area contributed by atoms with E-state index in [1.165, 1.54) is 11.1 Å². The third-order valence-corrected chi connectivity index (χ3v) is 5.83. The molecule has 0 saturated carbocycles. The maximum Gasteiger partial charge on any atom is 0.131 e. The average Bonchev–Trinajstić information content (AvgIpc) is 3.29. The zero-order valence-corrected chi connectivity index (χ0v) is 17.5. The van der Waals surface area contributed by atoms with Crippen molar-refractivity contribution in [1.29, 1.82) is 10.5 Å². The third-order valence-electron chi connectivity index (χ3n) is 4.85. The summed E-state index contributed by atoms with van der Waals surface area (Å²) in [6.07, 6.45) is 3.78. The van der Waals surface area contributed by atoms with E-state index in [4.69, 9.17) is 10.5 Å². The Kier molecular flexibility index (Phi) is 6.19. The molecule has 3 aromatic carbocycles. The molecule has 0 unspecified atom stereocenters. The summed E-state index contributed by atoms with van der Waals surface area (Å²) < 4.78 is 0. The molecule has 146 valence electrons. The molecule has 0 bridgehead atoms. The van der Waals surface area contributed by atoms with Crippen LogP contribution in [0.1, 0.15) is 20.9 Å². The molecule has 3 heteroatoms. The minimum Gasteiger partial charge on any atom is -0.192 e. The van der Waals surface area contributed by atoms with Gasteiger partial charge >= 0.3 is 0 Å². The smallest absolute Gasteiger partial charge is 0.131 e. The predicted molar refractivity (Wildman–Crippen MR) is 129 cm³/mol. The van der Waals surface area contributed by atoms with Gasteiger partial charge in [0.25, 0.3) is 0 Å². The highest BCUT2D eigenvalue weighted by Crippen LogP contribution is 2.31. The van der Waals surface area contributed by atoms with Gasteiger partial charge < -0.3 is 0 Å². The molecule has 4 aromatic rings. The largest absolute Gasteiger partial charge is 0.192 e. The number of thiophene rings is 1. The summed E-state index contributed by atoms with van der Waals surface area (Å²) in [5, 5.41) is 18.0. The molecule has 1 heterocycles. The first-order chi connectivity index (χ1) is 15.3. The Bertz CT molecular complexity index is 1300. The van der Waals surface area contributed by atoms with Gasteiger partial charge in [0.1, 0.15) is 17.7 Å². The predicted octanol–water partition coefficient (Wildman–Crippen LogP) is 7.43. The first-order valence-corrected chi connectivity index (χ1v) is 10.6. The highest BCUT2D eigenvalue weighted by atomic mass is 32.1. The van der Waals surface area contributed by atoms with Gasteiger partial charge in [-0.1, -0.05) is 84.9 Å². The van der Waals surface area contributed by atoms with Crippen LogP contribution in [0.15, 0.2) is 103 Å². The molecule has 0 aliphatic carbocycles. The second-order valence-corrected chi connectivity index (χ2v) is 8.04. The van der Waals surface area contributed by atoms with Gasteiger partial charge in [-0.3, -0.25) is 0 Å². The van der Waals surface area contributed by atoms with Crippen LogP contribution in [-0.2, 0) is 0 Å². The molecule has 0 amide bonds. The van der Waals surface area contributed by atoms with E-state index in [1.54, 1.807) is 17.4 Å². The highest BCUT2D eigenvalue weighted by molar-refractivity contribution is 7.13. The molecule has 0 radical (unpaired) electrons. The Labute approximate surface area is 186 Å². The Morgan fingerprint density at radius 1 is 0.581 bits per heavy atom. The fraction of sp³-hybridized carbons (Fsp3) is 0. The van der Waals surface area contributed by atoms with Crippen molar-refractivity contribution >= 4 is 29.1 Å². The number of benzene rings is 3. The molecule has 0 saturated heterocycles. The SMILES string of the molecule is N#CC(C#N)=Cc1ccc(C=C(c2ccccc2)c2ccc(-c3ccccc3)cc2)s1. The van der Waals surface area contributed by atoms with Gasteiger partial charge in [0, 0.05) is 9.75 Å². The fourth-order valence-electron chi connectivity index (χ4n) is 3.32. The van der Waals surface area contributed by atoms with Crippen LogP contribution in [0.25, 0.3) is 28.9 Å². The van der Waals surface area contributed by atoms with E-state index in [1.807, 2.05) is 60.7 Å². The lowest BCUT2D eigenvalue weighted by Crippen LogP contribution is -1.88. The van der Waals surface area contributed by atoms with Crippen LogP contribution in [0.4, 0.5) is 0 Å². The lowest BCUT2D eigenvalue weighted by Gasteiger charge is -2.10. The normalized spacial score (nSPS) is 10.7. The monoisotopic (exact) mass is 414 g/mol. The average molecular weight is 415 g/mol. The minimum absolute atomic E-state index is 0.108. The zero-order valence-electron chi connectivity index (χ0n) is 16.7. The van der Waals surface area contributed by atoms with Crippen LogP contribution in [0.2, 0.25) is 0 Å². The summed E-state index contributed by atoms with van der Waals surface area (Å²) >= 11 is 1.55. The van der Waals surface area contributed by atoms with Crippen molar-refractivity contribution in [1.82, 2.24) is 0 Å². The van der Waals surface area contributed by atoms with Crippen LogP contribution in [-0.4, -0.2) is 0 Å². The van der Waals surface area contributed by atoms with Crippen LogP contribution >= 0.6 is 11.3 Å². The summed E-state index contributed by atoms with van der Waals surface area (Å²) in [7, 11) is 0. The molecular formula is C28H18N2S. The molecule has 1 aromatic heterocycles. The number of rotatable bonds is 5. The zero-order chi connectivity index (χ0) is 21.5. The summed E-state index contributed by atoms with van der Waals surface area (Å²) in [5.41, 5.74) is 5.87. The Balaban J connectivity index is 1.73. The minimum atomic E-state index is 0.108. The van der Waals surface area contributed by atoms with E-state index in [-0.39, 0.29) is 5.57 Å². The molecule has 2 nitrogen and oxygen atoms in total. The van der Waals surface area contributed by atoms with Crippen molar-refractivity contribution < 1.29 is 0 Å². The van der Waals surface area contributed by atoms with Crippen LogP contribution < -0.4 is 0 Å². The first kappa shape index (κ1) is 20.1. The topological polar surface area (TPSA) is 47.6 Å². The second kappa shape index (κ2) is 9.55. The first-order valence-electron chi connectivity index (χ1n) is 9.81. The van der Waals surface area contributed by atoms with Gasteiger partial charge in [0.15, 0.2) is 0 Å². The van der Waals surface area contributed by atoms with Gasteiger partial charge in [-0.15, -0.1) is 11.3 Å². The molecule has 0 fully saturated rings. The van der Waals surface area contributed by atoms with Crippen molar-refractivity contribution in [2.24, 2.45) is 0 Å². The van der Waals surface area contributed by atoms with E-state index < -0.39 is 0 Å². The standard InChI is InChI=1S/C28H18N2S/c29-19-21(20-30)17-26-15-16-27(31-26)18-28(24-9-5-2-6-10-24)25-13-11-23(12-14-25)22-7-3-1-4-8-22/h1-18H. The van der Waals surface area contributed by atoms with Crippen molar-refractivity contribution in [3.63, 3.8) is 0 Å². The summed E-state index contributed by atoms with van der Waals surface area (Å²) in [6, 6.07) is 37.0. The van der Waals surface area contributed by atoms with E-state index in [9.17, 15) is 0 Å². The highest BCUT2D eigenvalue weighted by Gasteiger charge is 2.08. The van der Waals surface area contributed by atoms with Crippen LogP contribution in [0.3, 0.4) is 0 Å². The number of hydrogen-bond acceptors (Lipinski definition) is 3. The van der Waals surface area contributed by atoms with Gasteiger partial charge in [-0.2, -0.15) is 10.5 Å². The van der Waals surface area contributed by atoms with Gasteiger partial charge in [-0.05, 0) is 52.1 Å². The maximum atomic E-state index is 8.99. The molecule has 0 atom stereocenters. The van der Waals surface area contributed by atoms with Crippen LogP contribution in [0.5, 0.6) is 0 Å². The lowest BCUT2D eigenvalue weighted by atomic mass is 9.95. The summed E-state index contributed by atoms with van der Waals surface area (Å²) in [5.74, 6) is 0. The van der Waals surface area contributed by atoms with E-state index in [2.05, 4.69) is 54.6 Å². The van der Waals surface area contributed by atoms with Crippen molar-refractivity contribution in [3.05, 3.63) is 124 Å². The van der Waals surface area contributed by atoms with E-state index in [0.717, 1.165) is 26.5 Å². The molecule has 0 spiro atoms. The van der Waals surface area contributed by atoms with Crippen LogP contribution in [0, 0.1) is 22.7 Å². The molecule has 31 heavy (non-hydrogen) atoms. The van der Waals surface area contributed by atoms with Crippen molar-refractivity contribution in [2.45, 2.75) is 0 Å². The quantitative estimate of drug-likeness (QED) is 0.319. The number of allylic oxidation sites excluding steroid dienone is 1. The van der Waals surface area contributed by atoms with E-state index >= 15 is 0 Å². The second-order valence-electron chi connectivity index (χ2n) is 6.89. The third kappa shape index (κ3) is 4.87. The van der Waals surface area contributed by atoms with Crippen molar-refractivity contribution in [3.8, 4) is 23.3 Å². The van der Waals surface area contributed by atoms with E-state index in [0.29, 0.717) is 0 Å². The number of nitriles is 2. The molecule has 4 rings (SSSR count). The molecular weight excluding hydrogens is 396 g/mol.